The van der Waals surface area contributed by atoms with Gasteiger partial charge in [-0.15, -0.1) is 0 Å². The molecule has 0 saturated carbocycles. The first kappa shape index (κ1) is 17.3. The van der Waals surface area contributed by atoms with Crippen LogP contribution in [0, 0.1) is 29.8 Å². The lowest BCUT2D eigenvalue weighted by Crippen LogP contribution is -2.15. The molecular formula is C16H15FN6O3. The van der Waals surface area contributed by atoms with E-state index in [9.17, 15) is 19.3 Å². The lowest BCUT2D eigenvalue weighted by atomic mass is 10.2. The third-order valence-corrected chi connectivity index (χ3v) is 3.91. The van der Waals surface area contributed by atoms with Crippen LogP contribution in [0.4, 0.5) is 15.8 Å². The Kier molecular flexibility index (Phi) is 4.48. The highest BCUT2D eigenvalue weighted by Crippen LogP contribution is 2.23. The van der Waals surface area contributed by atoms with Crippen molar-refractivity contribution in [3.8, 4) is 0 Å². The molecule has 1 amide bonds. The first-order chi connectivity index (χ1) is 12.4. The van der Waals surface area contributed by atoms with Gasteiger partial charge in [0.05, 0.1) is 28.5 Å². The van der Waals surface area contributed by atoms with Crippen molar-refractivity contribution >= 4 is 17.3 Å². The van der Waals surface area contributed by atoms with Crippen molar-refractivity contribution in [2.24, 2.45) is 0 Å². The number of carbonyl (C=O) groups is 1. The van der Waals surface area contributed by atoms with Gasteiger partial charge in [0, 0.05) is 0 Å². The number of amides is 1. The first-order valence-corrected chi connectivity index (χ1v) is 7.64. The summed E-state index contributed by atoms with van der Waals surface area (Å²) in [4.78, 5) is 22.6. The minimum absolute atomic E-state index is 0.236. The maximum atomic E-state index is 13.0. The molecule has 10 heteroatoms. The number of anilines is 1. The fraction of sp³-hybridized carbons (Fsp3) is 0.188. The second-order valence-corrected chi connectivity index (χ2v) is 5.67. The second kappa shape index (κ2) is 6.75. The van der Waals surface area contributed by atoms with E-state index in [1.807, 2.05) is 0 Å². The van der Waals surface area contributed by atoms with Crippen LogP contribution in [-0.4, -0.2) is 30.8 Å². The number of carbonyl (C=O) groups excluding carboxylic acids is 1. The molecule has 0 fully saturated rings. The highest BCUT2D eigenvalue weighted by Gasteiger charge is 2.24. The van der Waals surface area contributed by atoms with Crippen LogP contribution in [-0.2, 0) is 6.54 Å². The molecule has 0 bridgehead atoms. The summed E-state index contributed by atoms with van der Waals surface area (Å²) in [5, 5.41) is 23.8. The molecule has 0 unspecified atom stereocenters. The van der Waals surface area contributed by atoms with Crippen LogP contribution in [0.25, 0.3) is 0 Å². The summed E-state index contributed by atoms with van der Waals surface area (Å²) >= 11 is 0. The van der Waals surface area contributed by atoms with Gasteiger partial charge in [0.25, 0.3) is 5.91 Å². The second-order valence-electron chi connectivity index (χ2n) is 5.67. The van der Waals surface area contributed by atoms with Gasteiger partial charge in [-0.1, -0.05) is 12.1 Å². The van der Waals surface area contributed by atoms with E-state index in [2.05, 4.69) is 20.6 Å². The molecule has 9 nitrogen and oxygen atoms in total. The molecule has 0 atom stereocenters. The molecule has 0 saturated heterocycles. The first-order valence-electron chi connectivity index (χ1n) is 7.64. The highest BCUT2D eigenvalue weighted by atomic mass is 19.1. The van der Waals surface area contributed by atoms with Crippen molar-refractivity contribution in [2.45, 2.75) is 20.4 Å². The summed E-state index contributed by atoms with van der Waals surface area (Å²) in [5.41, 5.74) is 1.89. The van der Waals surface area contributed by atoms with Crippen LogP contribution in [0.2, 0.25) is 0 Å². The highest BCUT2D eigenvalue weighted by molar-refractivity contribution is 6.06. The van der Waals surface area contributed by atoms with Crippen LogP contribution in [0.5, 0.6) is 0 Å². The molecule has 0 aliphatic heterocycles. The maximum absolute atomic E-state index is 13.0. The number of hydrogen-bond donors (Lipinski definition) is 2. The molecule has 0 spiro atoms. The average molecular weight is 358 g/mol. The Morgan fingerprint density at radius 2 is 2.04 bits per heavy atom. The van der Waals surface area contributed by atoms with Gasteiger partial charge in [0.1, 0.15) is 12.0 Å². The summed E-state index contributed by atoms with van der Waals surface area (Å²) in [5.74, 6) is -1.00. The number of aryl methyl sites for hydroxylation is 1. The smallest absolute Gasteiger partial charge is 0.317 e. The third-order valence-electron chi connectivity index (χ3n) is 3.91. The quantitative estimate of drug-likeness (QED) is 0.537. The van der Waals surface area contributed by atoms with E-state index in [0.29, 0.717) is 23.6 Å². The maximum Gasteiger partial charge on any atom is 0.319 e. The zero-order valence-electron chi connectivity index (χ0n) is 14.0. The molecule has 2 heterocycles. The largest absolute Gasteiger partial charge is 0.319 e. The number of rotatable bonds is 5. The fourth-order valence-corrected chi connectivity index (χ4v) is 2.56. The van der Waals surface area contributed by atoms with E-state index in [-0.39, 0.29) is 11.5 Å². The predicted octanol–water partition coefficient (Wildman–Crippen LogP) is 2.57. The number of nitrogens with zero attached hydrogens (tertiary/aromatic N) is 4. The van der Waals surface area contributed by atoms with Crippen LogP contribution >= 0.6 is 0 Å². The van der Waals surface area contributed by atoms with Crippen molar-refractivity contribution in [1.29, 1.82) is 0 Å². The van der Waals surface area contributed by atoms with Crippen LogP contribution in [0.15, 0.2) is 30.5 Å². The summed E-state index contributed by atoms with van der Waals surface area (Å²) in [6, 6.07) is 6.03. The van der Waals surface area contributed by atoms with E-state index in [1.165, 1.54) is 12.1 Å². The lowest BCUT2D eigenvalue weighted by Gasteiger charge is -2.07. The Hall–Kier alpha value is -3.56. The molecule has 0 radical (unpaired) electrons. The van der Waals surface area contributed by atoms with Crippen molar-refractivity contribution < 1.29 is 14.1 Å². The zero-order chi connectivity index (χ0) is 18.8. The van der Waals surface area contributed by atoms with Gasteiger partial charge in [0.15, 0.2) is 0 Å². The monoisotopic (exact) mass is 358 g/mol. The topological polar surface area (TPSA) is 119 Å². The third kappa shape index (κ3) is 3.29. The van der Waals surface area contributed by atoms with Gasteiger partial charge in [0.2, 0.25) is 5.69 Å². The van der Waals surface area contributed by atoms with Crippen molar-refractivity contribution in [3.63, 3.8) is 0 Å². The molecule has 134 valence electrons. The number of H-pyrrole nitrogens is 1. The van der Waals surface area contributed by atoms with Crippen molar-refractivity contribution in [1.82, 2.24) is 20.0 Å². The molecule has 0 aliphatic carbocycles. The average Bonchev–Trinajstić information content (AvgIpc) is 3.18. The Morgan fingerprint density at radius 1 is 1.35 bits per heavy atom. The van der Waals surface area contributed by atoms with Gasteiger partial charge >= 0.3 is 5.69 Å². The standard InChI is InChI=1S/C16H15FN6O3/c1-9-14(19-16(24)15-13(23(25)26)7-18-20-15)10(2)22(21-9)8-11-3-5-12(17)6-4-11/h3-7H,8H2,1-2H3,(H,18,20)(H,19,24). The number of halogens is 1. The molecule has 2 aromatic heterocycles. The summed E-state index contributed by atoms with van der Waals surface area (Å²) in [7, 11) is 0. The lowest BCUT2D eigenvalue weighted by molar-refractivity contribution is -0.385. The summed E-state index contributed by atoms with van der Waals surface area (Å²) in [6.45, 7) is 3.87. The number of nitrogens with one attached hydrogen (secondary N) is 2. The molecule has 1 aromatic carbocycles. The molecular weight excluding hydrogens is 343 g/mol. The van der Waals surface area contributed by atoms with Gasteiger partial charge in [-0.25, -0.2) is 4.39 Å². The van der Waals surface area contributed by atoms with Gasteiger partial charge in [-0.05, 0) is 31.5 Å². The van der Waals surface area contributed by atoms with Gasteiger partial charge in [-0.3, -0.25) is 24.7 Å². The van der Waals surface area contributed by atoms with Gasteiger partial charge < -0.3 is 5.32 Å². The Bertz CT molecular complexity index is 977. The Morgan fingerprint density at radius 3 is 2.69 bits per heavy atom. The van der Waals surface area contributed by atoms with E-state index < -0.39 is 16.5 Å². The zero-order valence-corrected chi connectivity index (χ0v) is 14.0. The van der Waals surface area contributed by atoms with Crippen LogP contribution in [0.1, 0.15) is 27.4 Å². The van der Waals surface area contributed by atoms with E-state index in [4.69, 9.17) is 0 Å². The van der Waals surface area contributed by atoms with E-state index >= 15 is 0 Å². The summed E-state index contributed by atoms with van der Waals surface area (Å²) in [6.07, 6.45) is 0.979. The van der Waals surface area contributed by atoms with Crippen molar-refractivity contribution in [3.05, 3.63) is 69.0 Å². The summed E-state index contributed by atoms with van der Waals surface area (Å²) < 4.78 is 14.7. The fourth-order valence-electron chi connectivity index (χ4n) is 2.56. The van der Waals surface area contributed by atoms with Gasteiger partial charge in [-0.2, -0.15) is 10.2 Å². The van der Waals surface area contributed by atoms with Crippen LogP contribution in [0.3, 0.4) is 0 Å². The molecule has 3 aromatic rings. The number of nitro groups is 1. The number of aromatic amines is 1. The molecule has 26 heavy (non-hydrogen) atoms. The molecule has 0 aliphatic rings. The normalized spacial score (nSPS) is 10.7. The predicted molar refractivity (Wildman–Crippen MR) is 90.4 cm³/mol. The minimum atomic E-state index is -0.684. The number of aromatic nitrogens is 4. The van der Waals surface area contributed by atoms with Crippen LogP contribution < -0.4 is 5.32 Å². The van der Waals surface area contributed by atoms with E-state index in [0.717, 1.165) is 11.8 Å². The SMILES string of the molecule is Cc1nn(Cc2ccc(F)cc2)c(C)c1NC(=O)c1[nH]ncc1[N+](=O)[O-]. The van der Waals surface area contributed by atoms with E-state index in [1.54, 1.807) is 30.7 Å². The molecule has 2 N–H and O–H groups in total. The number of benzene rings is 1. The Labute approximate surface area is 147 Å². The number of hydrogen-bond acceptors (Lipinski definition) is 5. The Balaban J connectivity index is 1.83. The minimum Gasteiger partial charge on any atom is -0.317 e. The van der Waals surface area contributed by atoms with Crippen molar-refractivity contribution in [2.75, 3.05) is 5.32 Å². The molecule has 3 rings (SSSR count).